The molecule has 0 radical (unpaired) electrons. The van der Waals surface area contributed by atoms with Gasteiger partial charge in [0.1, 0.15) is 5.82 Å². The lowest BCUT2D eigenvalue weighted by Gasteiger charge is -2.08. The molecule has 0 unspecified atom stereocenters. The normalized spacial score (nSPS) is 10.4. The standard InChI is InChI=1S/C12H11BrFNS/c1-8-4-5-16-12(8)7-15-11-6-9(14)2-3-10(11)13/h2-6,15H,7H2,1H3. The van der Waals surface area contributed by atoms with Crippen molar-refractivity contribution in [2.24, 2.45) is 0 Å². The molecule has 1 heterocycles. The van der Waals surface area contributed by atoms with Gasteiger partial charge in [-0.1, -0.05) is 0 Å². The van der Waals surface area contributed by atoms with Crippen molar-refractivity contribution in [2.45, 2.75) is 13.5 Å². The predicted molar refractivity (Wildman–Crippen MR) is 70.5 cm³/mol. The first kappa shape index (κ1) is 11.6. The van der Waals surface area contributed by atoms with E-state index in [9.17, 15) is 4.39 Å². The molecule has 0 saturated carbocycles. The first-order chi connectivity index (χ1) is 7.66. The molecule has 0 bridgehead atoms. The second-order valence-electron chi connectivity index (χ2n) is 3.50. The molecule has 0 saturated heterocycles. The molecule has 1 aromatic heterocycles. The maximum Gasteiger partial charge on any atom is 0.125 e. The SMILES string of the molecule is Cc1ccsc1CNc1cc(F)ccc1Br. The summed E-state index contributed by atoms with van der Waals surface area (Å²) < 4.78 is 13.9. The van der Waals surface area contributed by atoms with Crippen LogP contribution in [-0.4, -0.2) is 0 Å². The number of hydrogen-bond acceptors (Lipinski definition) is 2. The van der Waals surface area contributed by atoms with Crippen LogP contribution in [0.25, 0.3) is 0 Å². The number of anilines is 1. The topological polar surface area (TPSA) is 12.0 Å². The minimum Gasteiger partial charge on any atom is -0.379 e. The van der Waals surface area contributed by atoms with Gasteiger partial charge in [-0.3, -0.25) is 0 Å². The fourth-order valence-corrected chi connectivity index (χ4v) is 2.63. The third kappa shape index (κ3) is 2.62. The molecule has 4 heteroatoms. The van der Waals surface area contributed by atoms with Crippen molar-refractivity contribution in [1.82, 2.24) is 0 Å². The molecule has 1 N–H and O–H groups in total. The third-order valence-corrected chi connectivity index (χ3v) is 4.05. The Bertz CT molecular complexity index is 496. The summed E-state index contributed by atoms with van der Waals surface area (Å²) in [5, 5.41) is 5.28. The maximum atomic E-state index is 13.0. The van der Waals surface area contributed by atoms with Crippen LogP contribution in [0, 0.1) is 12.7 Å². The largest absolute Gasteiger partial charge is 0.379 e. The highest BCUT2D eigenvalue weighted by Crippen LogP contribution is 2.25. The number of hydrogen-bond donors (Lipinski definition) is 1. The van der Waals surface area contributed by atoms with Gasteiger partial charge in [0.2, 0.25) is 0 Å². The molecule has 16 heavy (non-hydrogen) atoms. The van der Waals surface area contributed by atoms with E-state index in [0.717, 1.165) is 16.7 Å². The monoisotopic (exact) mass is 299 g/mol. The predicted octanol–water partition coefficient (Wildman–Crippen LogP) is 4.57. The summed E-state index contributed by atoms with van der Waals surface area (Å²) in [5.74, 6) is -0.228. The molecule has 0 aliphatic heterocycles. The van der Waals surface area contributed by atoms with Gasteiger partial charge in [0.05, 0.1) is 5.69 Å². The van der Waals surface area contributed by atoms with Gasteiger partial charge in [-0.25, -0.2) is 4.39 Å². The van der Waals surface area contributed by atoms with Gasteiger partial charge < -0.3 is 5.32 Å². The Balaban J connectivity index is 2.10. The average molecular weight is 300 g/mol. The van der Waals surface area contributed by atoms with E-state index in [1.807, 2.05) is 0 Å². The van der Waals surface area contributed by atoms with E-state index in [1.54, 1.807) is 17.4 Å². The maximum absolute atomic E-state index is 13.0. The van der Waals surface area contributed by atoms with E-state index in [0.29, 0.717) is 0 Å². The molecule has 0 spiro atoms. The first-order valence-electron chi connectivity index (χ1n) is 4.88. The number of nitrogens with one attached hydrogen (secondary N) is 1. The van der Waals surface area contributed by atoms with Crippen molar-refractivity contribution in [1.29, 1.82) is 0 Å². The quantitative estimate of drug-likeness (QED) is 0.875. The molecule has 2 aromatic rings. The Morgan fingerprint density at radius 3 is 2.88 bits per heavy atom. The fourth-order valence-electron chi connectivity index (χ4n) is 1.39. The molecule has 1 aromatic carbocycles. The molecule has 2 rings (SSSR count). The zero-order valence-electron chi connectivity index (χ0n) is 8.76. The average Bonchev–Trinajstić information content (AvgIpc) is 2.66. The second-order valence-corrected chi connectivity index (χ2v) is 5.36. The third-order valence-electron chi connectivity index (χ3n) is 2.34. The highest BCUT2D eigenvalue weighted by molar-refractivity contribution is 9.10. The molecule has 0 amide bonds. The van der Waals surface area contributed by atoms with E-state index < -0.39 is 0 Å². The number of aryl methyl sites for hydroxylation is 1. The smallest absolute Gasteiger partial charge is 0.125 e. The lowest BCUT2D eigenvalue weighted by atomic mass is 10.2. The van der Waals surface area contributed by atoms with Crippen molar-refractivity contribution >= 4 is 33.0 Å². The van der Waals surface area contributed by atoms with E-state index in [-0.39, 0.29) is 5.82 Å². The van der Waals surface area contributed by atoms with Crippen LogP contribution >= 0.6 is 27.3 Å². The van der Waals surface area contributed by atoms with Crippen LogP contribution in [0.5, 0.6) is 0 Å². The molecule has 84 valence electrons. The minimum atomic E-state index is -0.228. The highest BCUT2D eigenvalue weighted by Gasteiger charge is 2.03. The lowest BCUT2D eigenvalue weighted by Crippen LogP contribution is -1.99. The zero-order valence-corrected chi connectivity index (χ0v) is 11.2. The molecule has 1 nitrogen and oxygen atoms in total. The Labute approximate surface area is 106 Å². The van der Waals surface area contributed by atoms with E-state index in [1.165, 1.54) is 22.6 Å². The fraction of sp³-hybridized carbons (Fsp3) is 0.167. The van der Waals surface area contributed by atoms with Gasteiger partial charge in [0.15, 0.2) is 0 Å². The van der Waals surface area contributed by atoms with Gasteiger partial charge in [-0.05, 0) is 58.1 Å². The van der Waals surface area contributed by atoms with Gasteiger partial charge in [0, 0.05) is 15.9 Å². The Hall–Kier alpha value is -0.870. The van der Waals surface area contributed by atoms with Crippen LogP contribution in [0.2, 0.25) is 0 Å². The van der Waals surface area contributed by atoms with Crippen molar-refractivity contribution in [3.63, 3.8) is 0 Å². The summed E-state index contributed by atoms with van der Waals surface area (Å²) >= 11 is 5.09. The van der Waals surface area contributed by atoms with Crippen LogP contribution in [0.1, 0.15) is 10.4 Å². The summed E-state index contributed by atoms with van der Waals surface area (Å²) in [6.45, 7) is 2.81. The first-order valence-corrected chi connectivity index (χ1v) is 6.56. The highest BCUT2D eigenvalue weighted by atomic mass is 79.9. The molecule has 0 aliphatic carbocycles. The number of rotatable bonds is 3. The Morgan fingerprint density at radius 1 is 1.38 bits per heavy atom. The Morgan fingerprint density at radius 2 is 2.19 bits per heavy atom. The lowest BCUT2D eigenvalue weighted by molar-refractivity contribution is 0.628. The van der Waals surface area contributed by atoms with Crippen molar-refractivity contribution in [3.05, 3.63) is 50.4 Å². The Kier molecular flexibility index (Phi) is 3.61. The van der Waals surface area contributed by atoms with Crippen molar-refractivity contribution in [3.8, 4) is 0 Å². The van der Waals surface area contributed by atoms with Crippen LogP contribution in [-0.2, 0) is 6.54 Å². The van der Waals surface area contributed by atoms with Crippen molar-refractivity contribution < 1.29 is 4.39 Å². The minimum absolute atomic E-state index is 0.228. The molecule has 0 fully saturated rings. The molecular weight excluding hydrogens is 289 g/mol. The van der Waals surface area contributed by atoms with Gasteiger partial charge in [-0.2, -0.15) is 0 Å². The van der Waals surface area contributed by atoms with E-state index >= 15 is 0 Å². The number of benzene rings is 1. The van der Waals surface area contributed by atoms with E-state index in [2.05, 4.69) is 39.6 Å². The van der Waals surface area contributed by atoms with Crippen LogP contribution in [0.3, 0.4) is 0 Å². The van der Waals surface area contributed by atoms with Gasteiger partial charge >= 0.3 is 0 Å². The van der Waals surface area contributed by atoms with Gasteiger partial charge in [-0.15, -0.1) is 11.3 Å². The van der Waals surface area contributed by atoms with Crippen molar-refractivity contribution in [2.75, 3.05) is 5.32 Å². The van der Waals surface area contributed by atoms with Crippen LogP contribution in [0.15, 0.2) is 34.1 Å². The zero-order chi connectivity index (χ0) is 11.5. The molecule has 0 atom stereocenters. The second kappa shape index (κ2) is 4.97. The van der Waals surface area contributed by atoms with Crippen LogP contribution in [0.4, 0.5) is 10.1 Å². The number of halogens is 2. The molecule has 0 aliphatic rings. The molecular formula is C12H11BrFNS. The summed E-state index contributed by atoms with van der Waals surface area (Å²) in [6.07, 6.45) is 0. The number of thiophene rings is 1. The summed E-state index contributed by atoms with van der Waals surface area (Å²) in [4.78, 5) is 1.27. The van der Waals surface area contributed by atoms with E-state index in [4.69, 9.17) is 0 Å². The summed E-state index contributed by atoms with van der Waals surface area (Å²) in [7, 11) is 0. The summed E-state index contributed by atoms with van der Waals surface area (Å²) in [5.41, 5.74) is 2.05. The van der Waals surface area contributed by atoms with Crippen LogP contribution < -0.4 is 5.32 Å². The summed E-state index contributed by atoms with van der Waals surface area (Å²) in [6, 6.07) is 6.72. The van der Waals surface area contributed by atoms with Gasteiger partial charge in [0.25, 0.3) is 0 Å².